The molecule has 0 aromatic rings. The summed E-state index contributed by atoms with van der Waals surface area (Å²) >= 11 is 0. The number of amides is 11. The van der Waals surface area contributed by atoms with Crippen LogP contribution < -0.4 is 42.5 Å². The molecule has 0 radical (unpaired) electrons. The highest BCUT2D eigenvalue weighted by molar-refractivity contribution is 5.80. The van der Waals surface area contributed by atoms with Crippen LogP contribution in [-0.2, 0) is 81.2 Å². The Morgan fingerprint density at radius 2 is 0.638 bits per heavy atom. The Hall–Kier alpha value is -6.51. The van der Waals surface area contributed by atoms with Gasteiger partial charge in [0.15, 0.2) is 18.9 Å². The number of hydrogen-bond acceptors (Lipinski definition) is 28. The van der Waals surface area contributed by atoms with Gasteiger partial charge in [-0.3, -0.25) is 52.7 Å². The lowest BCUT2D eigenvalue weighted by Gasteiger charge is -2.58. The number of nitrogens with one attached hydrogen (secondary N) is 8. The van der Waals surface area contributed by atoms with Gasteiger partial charge in [-0.15, -0.1) is 0 Å². The average Bonchev–Trinajstić information content (AvgIpc) is 0.741. The molecule has 19 N–H and O–H groups in total. The third-order valence-electron chi connectivity index (χ3n) is 26.7. The van der Waals surface area contributed by atoms with E-state index in [-0.39, 0.29) is 136 Å². The number of hydrogen-bond donors (Lipinski definition) is 19. The van der Waals surface area contributed by atoms with Crippen molar-refractivity contribution >= 4 is 65.0 Å². The summed E-state index contributed by atoms with van der Waals surface area (Å²) in [6.07, 6.45) is 2.95. The van der Waals surface area contributed by atoms with Crippen molar-refractivity contribution in [1.82, 2.24) is 57.2 Å². The van der Waals surface area contributed by atoms with Crippen LogP contribution in [0.2, 0.25) is 0 Å². The SMILES string of the molecule is CC(=O)NC1C(OCCCCC(=O)NCCCCCC(=O)NCC(CCC(=O)NCCCCCC(=O)N2CCC3(CC2)CC(CO)(CO)C3)(C2CCN(C(=O)CCCCCNC(=O)CCCCOC3OC(CO)C(O)C(O)C3NC(C)=O)CC2)C2CCN(C(=O)CCCCCNC(=O)CCCCOC3OC(CO)C(O)C(O)C3NC(C)=O)CC2)OC(CO)C(O)C1O. The molecule has 0 aromatic carbocycles. The van der Waals surface area contributed by atoms with E-state index in [0.29, 0.717) is 226 Å². The Labute approximate surface area is 746 Å². The number of aliphatic hydroxyl groups excluding tert-OH is 11. The van der Waals surface area contributed by atoms with E-state index in [2.05, 4.69) is 42.5 Å². The van der Waals surface area contributed by atoms with Gasteiger partial charge in [-0.25, -0.2) is 0 Å². The third-order valence-corrected chi connectivity index (χ3v) is 26.7. The van der Waals surface area contributed by atoms with Crippen molar-refractivity contribution in [2.45, 2.75) is 337 Å². The van der Waals surface area contributed by atoms with Crippen molar-refractivity contribution in [1.29, 1.82) is 0 Å². The summed E-state index contributed by atoms with van der Waals surface area (Å²) in [7, 11) is 0. The summed E-state index contributed by atoms with van der Waals surface area (Å²) in [5.74, 6) is -2.20. The molecule has 15 atom stereocenters. The number of carbonyl (C=O) groups excluding carboxylic acids is 11. The fraction of sp³-hybridized carbons (Fsp3) is 0.875. The molecule has 6 saturated heterocycles. The molecule has 39 nitrogen and oxygen atoms in total. The van der Waals surface area contributed by atoms with Crippen molar-refractivity contribution in [3.05, 3.63) is 0 Å². The fourth-order valence-corrected chi connectivity index (χ4v) is 19.3. The summed E-state index contributed by atoms with van der Waals surface area (Å²) < 4.78 is 34.2. The lowest BCUT2D eigenvalue weighted by molar-refractivity contribution is -0.270. The maximum Gasteiger partial charge on any atom is 0.222 e. The van der Waals surface area contributed by atoms with Gasteiger partial charge in [0.2, 0.25) is 65.0 Å². The number of unbranched alkanes of at least 4 members (excludes halogenated alkanes) is 11. The van der Waals surface area contributed by atoms with Gasteiger partial charge in [0, 0.05) is 169 Å². The Morgan fingerprint density at radius 1 is 0.354 bits per heavy atom. The minimum Gasteiger partial charge on any atom is -0.396 e. The average molecular weight is 1810 g/mol. The first-order chi connectivity index (χ1) is 60.9. The van der Waals surface area contributed by atoms with Crippen LogP contribution in [-0.4, -0.2) is 353 Å². The van der Waals surface area contributed by atoms with Crippen molar-refractivity contribution in [3.63, 3.8) is 0 Å². The van der Waals surface area contributed by atoms with Crippen molar-refractivity contribution < 1.29 is 137 Å². The van der Waals surface area contributed by atoms with Crippen molar-refractivity contribution in [2.24, 2.45) is 28.1 Å². The molecular formula is C88H153N11O28. The molecule has 127 heavy (non-hydrogen) atoms. The Kier molecular flexibility index (Phi) is 47.7. The van der Waals surface area contributed by atoms with Gasteiger partial charge in [0.1, 0.15) is 73.1 Å². The van der Waals surface area contributed by atoms with E-state index < -0.39 is 140 Å². The van der Waals surface area contributed by atoms with Crippen LogP contribution >= 0.6 is 0 Å². The minimum atomic E-state index is -1.45. The summed E-state index contributed by atoms with van der Waals surface area (Å²) in [5, 5.41) is 134. The van der Waals surface area contributed by atoms with Crippen LogP contribution in [0, 0.1) is 28.1 Å². The maximum absolute atomic E-state index is 14.2. The van der Waals surface area contributed by atoms with Gasteiger partial charge in [-0.05, 0) is 170 Å². The van der Waals surface area contributed by atoms with E-state index in [1.165, 1.54) is 20.8 Å². The lowest BCUT2D eigenvalue weighted by Crippen LogP contribution is -2.64. The molecule has 7 fully saturated rings. The predicted octanol–water partition coefficient (Wildman–Crippen LogP) is -1.18. The first kappa shape index (κ1) is 108. The largest absolute Gasteiger partial charge is 0.396 e. The van der Waals surface area contributed by atoms with E-state index in [0.717, 1.165) is 32.1 Å². The van der Waals surface area contributed by atoms with Crippen LogP contribution in [0.15, 0.2) is 0 Å². The molecular weight excluding hydrogens is 1660 g/mol. The number of ether oxygens (including phenoxy) is 6. The first-order valence-corrected chi connectivity index (χ1v) is 46.9. The Bertz CT molecular complexity index is 3220. The molecule has 1 aliphatic carbocycles. The van der Waals surface area contributed by atoms with Crippen LogP contribution in [0.5, 0.6) is 0 Å². The second kappa shape index (κ2) is 56.4. The standard InChI is InChI=1S/C88H153N11O28/c1-58(105)94-74-80(119)77(116)63(50-100)125-83(74)122-47-19-12-23-66(108)89-37-15-4-8-22-69(111)93-55-88(34-29-70(112)92-40-18-7-11-28-73(115)99-45-35-86(36-46-99)53-87(54-86,56-103)57-104,61-30-41-97(42-31-61)71(113)26-9-5-16-38-90-67(109)24-13-20-48-123-84-75(95-59(2)106)81(120)78(117)64(51-101)126-84)62-32-43-98(44-33-62)72(114)27-10-6-17-39-91-68(110)25-14-21-49-124-85-76(96-60(3)107)82(121)79(118)65(52-102)127-85/h61-65,74-85,100-104,116-121H,4-57H2,1-3H3,(H,89,108)(H,90,109)(H,91,110)(H,92,112)(H,93,111)(H,94,105)(H,95,106)(H,96,107). The molecule has 0 bridgehead atoms. The molecule has 1 saturated carbocycles. The topological polar surface area (TPSA) is 572 Å². The number of rotatable bonds is 57. The molecule has 11 amide bonds. The zero-order valence-electron chi connectivity index (χ0n) is 75.2. The molecule has 6 aliphatic heterocycles. The molecule has 728 valence electrons. The zero-order chi connectivity index (χ0) is 92.5. The highest BCUT2D eigenvalue weighted by Gasteiger charge is 2.56. The number of likely N-dealkylation sites (tertiary alicyclic amines) is 3. The maximum atomic E-state index is 14.2. The van der Waals surface area contributed by atoms with Crippen molar-refractivity contribution in [2.75, 3.05) is 125 Å². The third kappa shape index (κ3) is 34.9. The monoisotopic (exact) mass is 1810 g/mol. The minimum absolute atomic E-state index is 0.00813. The smallest absolute Gasteiger partial charge is 0.222 e. The quantitative estimate of drug-likeness (QED) is 0.0319. The van der Waals surface area contributed by atoms with Crippen LogP contribution in [0.1, 0.15) is 245 Å². The normalized spacial score (nSPS) is 26.6. The number of nitrogens with zero attached hydrogens (tertiary/aromatic N) is 3. The van der Waals surface area contributed by atoms with Gasteiger partial charge in [0.25, 0.3) is 0 Å². The summed E-state index contributed by atoms with van der Waals surface area (Å²) in [6, 6.07) is -3.23. The van der Waals surface area contributed by atoms with E-state index >= 15 is 0 Å². The molecule has 6 heterocycles. The Morgan fingerprint density at radius 3 is 0.937 bits per heavy atom. The van der Waals surface area contributed by atoms with Gasteiger partial charge in [-0.1, -0.05) is 25.7 Å². The highest BCUT2D eigenvalue weighted by atomic mass is 16.7. The highest BCUT2D eigenvalue weighted by Crippen LogP contribution is 2.59. The number of aliphatic hydroxyl groups is 11. The van der Waals surface area contributed by atoms with Gasteiger partial charge in [0.05, 0.1) is 33.0 Å². The fourth-order valence-electron chi connectivity index (χ4n) is 19.3. The summed E-state index contributed by atoms with van der Waals surface area (Å²) in [6.45, 7) is 7.26. The van der Waals surface area contributed by atoms with Crippen LogP contribution in [0.3, 0.4) is 0 Å². The van der Waals surface area contributed by atoms with E-state index in [1.807, 2.05) is 14.7 Å². The zero-order valence-corrected chi connectivity index (χ0v) is 75.2. The van der Waals surface area contributed by atoms with E-state index in [9.17, 15) is 109 Å². The molecule has 7 rings (SSSR count). The molecule has 7 aliphatic rings. The first-order valence-electron chi connectivity index (χ1n) is 46.9. The molecule has 39 heteroatoms. The second-order valence-corrected chi connectivity index (χ2v) is 36.3. The molecule has 15 unspecified atom stereocenters. The number of piperidine rings is 3. The van der Waals surface area contributed by atoms with Gasteiger partial charge < -0.3 is 142 Å². The number of carbonyl (C=O) groups is 11. The van der Waals surface area contributed by atoms with Crippen molar-refractivity contribution in [3.8, 4) is 0 Å². The lowest BCUT2D eigenvalue weighted by atomic mass is 9.50. The summed E-state index contributed by atoms with van der Waals surface area (Å²) in [5.41, 5.74) is -0.997. The second-order valence-electron chi connectivity index (χ2n) is 36.3. The molecule has 0 aromatic heterocycles. The van der Waals surface area contributed by atoms with Crippen LogP contribution in [0.25, 0.3) is 0 Å². The molecule has 1 spiro atoms. The summed E-state index contributed by atoms with van der Waals surface area (Å²) in [4.78, 5) is 150. The van der Waals surface area contributed by atoms with Gasteiger partial charge in [-0.2, -0.15) is 0 Å². The Balaban J connectivity index is 0.910. The van der Waals surface area contributed by atoms with E-state index in [1.54, 1.807) is 0 Å². The van der Waals surface area contributed by atoms with Gasteiger partial charge >= 0.3 is 0 Å². The van der Waals surface area contributed by atoms with E-state index in [4.69, 9.17) is 28.4 Å². The van der Waals surface area contributed by atoms with Crippen LogP contribution in [0.4, 0.5) is 0 Å². The predicted molar refractivity (Wildman–Crippen MR) is 459 cm³/mol.